The van der Waals surface area contributed by atoms with Crippen molar-refractivity contribution in [2.75, 3.05) is 25.6 Å². The Morgan fingerprint density at radius 1 is 1.03 bits per heavy atom. The van der Waals surface area contributed by atoms with E-state index in [1.807, 2.05) is 68.4 Å². The fourth-order valence-corrected chi connectivity index (χ4v) is 3.36. The monoisotopic (exact) mass is 420 g/mol. The van der Waals surface area contributed by atoms with Crippen molar-refractivity contribution >= 4 is 11.7 Å². The summed E-state index contributed by atoms with van der Waals surface area (Å²) >= 11 is 0. The molecule has 0 fully saturated rings. The summed E-state index contributed by atoms with van der Waals surface area (Å²) in [5.41, 5.74) is 5.71. The second-order valence-electron chi connectivity index (χ2n) is 7.12. The number of hydrogen-bond acceptors (Lipinski definition) is 6. The quantitative estimate of drug-likeness (QED) is 0.495. The van der Waals surface area contributed by atoms with E-state index in [-0.39, 0.29) is 12.6 Å². The van der Waals surface area contributed by atoms with Crippen LogP contribution in [0, 0.1) is 13.8 Å². The smallest absolute Gasteiger partial charge is 0.344 e. The van der Waals surface area contributed by atoms with E-state index in [0.29, 0.717) is 24.8 Å². The second kappa shape index (κ2) is 10.5. The van der Waals surface area contributed by atoms with E-state index in [1.54, 1.807) is 14.0 Å². The molecule has 6 nitrogen and oxygen atoms in total. The highest BCUT2D eigenvalue weighted by molar-refractivity contribution is 5.71. The maximum absolute atomic E-state index is 11.6. The molecular formula is C25H28N2O4. The lowest BCUT2D eigenvalue weighted by Crippen LogP contribution is -2.15. The average Bonchev–Trinajstić information content (AvgIpc) is 2.77. The number of methoxy groups -OCH3 is 1. The molecule has 0 saturated heterocycles. The largest absolute Gasteiger partial charge is 0.481 e. The van der Waals surface area contributed by atoms with Crippen LogP contribution < -0.4 is 14.8 Å². The van der Waals surface area contributed by atoms with E-state index in [2.05, 4.69) is 10.3 Å². The fraction of sp³-hybridized carbons (Fsp3) is 0.280. The molecule has 0 bridgehead atoms. The van der Waals surface area contributed by atoms with Crippen molar-refractivity contribution in [2.45, 2.75) is 27.3 Å². The number of anilines is 1. The summed E-state index contributed by atoms with van der Waals surface area (Å²) in [4.78, 5) is 16.2. The molecule has 0 unspecified atom stereocenters. The Kier molecular flexibility index (Phi) is 7.49. The van der Waals surface area contributed by atoms with Crippen LogP contribution in [0.3, 0.4) is 0 Å². The van der Waals surface area contributed by atoms with E-state index in [9.17, 15) is 4.79 Å². The molecule has 0 spiro atoms. The van der Waals surface area contributed by atoms with Gasteiger partial charge in [-0.05, 0) is 56.2 Å². The Bertz CT molecular complexity index is 1010. The van der Waals surface area contributed by atoms with Gasteiger partial charge in [-0.2, -0.15) is 0 Å². The van der Waals surface area contributed by atoms with Crippen LogP contribution in [0.15, 0.2) is 54.6 Å². The molecule has 0 saturated carbocycles. The van der Waals surface area contributed by atoms with Crippen LogP contribution in [0.5, 0.6) is 11.6 Å². The maximum Gasteiger partial charge on any atom is 0.344 e. The van der Waals surface area contributed by atoms with Gasteiger partial charge in [0.1, 0.15) is 5.75 Å². The molecule has 2 aromatic carbocycles. The van der Waals surface area contributed by atoms with Crippen LogP contribution in [0.25, 0.3) is 11.3 Å². The van der Waals surface area contributed by atoms with E-state index >= 15 is 0 Å². The molecule has 6 heteroatoms. The summed E-state index contributed by atoms with van der Waals surface area (Å²) in [7, 11) is 1.63. The number of pyridine rings is 1. The van der Waals surface area contributed by atoms with Crippen molar-refractivity contribution in [2.24, 2.45) is 0 Å². The van der Waals surface area contributed by atoms with Crippen molar-refractivity contribution < 1.29 is 19.0 Å². The molecular weight excluding hydrogens is 392 g/mol. The molecule has 0 amide bonds. The van der Waals surface area contributed by atoms with E-state index < -0.39 is 0 Å². The van der Waals surface area contributed by atoms with Gasteiger partial charge in [0.25, 0.3) is 0 Å². The third kappa shape index (κ3) is 5.75. The number of nitrogens with one attached hydrogen (secondary N) is 1. The minimum atomic E-state index is -0.373. The zero-order valence-corrected chi connectivity index (χ0v) is 18.4. The molecule has 162 valence electrons. The summed E-state index contributed by atoms with van der Waals surface area (Å²) < 4.78 is 16.1. The van der Waals surface area contributed by atoms with Crippen LogP contribution >= 0.6 is 0 Å². The van der Waals surface area contributed by atoms with Gasteiger partial charge in [0.15, 0.2) is 6.61 Å². The molecule has 3 rings (SSSR count). The van der Waals surface area contributed by atoms with Crippen molar-refractivity contribution in [3.05, 3.63) is 71.3 Å². The third-order valence-corrected chi connectivity index (χ3v) is 4.78. The fourth-order valence-electron chi connectivity index (χ4n) is 3.36. The van der Waals surface area contributed by atoms with Gasteiger partial charge in [-0.1, -0.05) is 30.3 Å². The Hall–Kier alpha value is -3.54. The van der Waals surface area contributed by atoms with Gasteiger partial charge in [-0.15, -0.1) is 0 Å². The first-order chi connectivity index (χ1) is 15.0. The van der Waals surface area contributed by atoms with Crippen molar-refractivity contribution in [3.63, 3.8) is 0 Å². The molecule has 0 aliphatic heterocycles. The minimum absolute atomic E-state index is 0.0983. The molecule has 0 aliphatic rings. The lowest BCUT2D eigenvalue weighted by molar-refractivity contribution is -0.145. The van der Waals surface area contributed by atoms with Crippen molar-refractivity contribution in [3.8, 4) is 22.9 Å². The van der Waals surface area contributed by atoms with Gasteiger partial charge in [-0.25, -0.2) is 9.78 Å². The van der Waals surface area contributed by atoms with Crippen LogP contribution in [0.1, 0.15) is 23.6 Å². The Morgan fingerprint density at radius 2 is 1.74 bits per heavy atom. The highest BCUT2D eigenvalue weighted by atomic mass is 16.6. The van der Waals surface area contributed by atoms with Gasteiger partial charge in [0, 0.05) is 23.4 Å². The highest BCUT2D eigenvalue weighted by Crippen LogP contribution is 2.29. The number of hydrogen-bond donors (Lipinski definition) is 1. The van der Waals surface area contributed by atoms with Crippen LogP contribution in [-0.4, -0.2) is 31.3 Å². The van der Waals surface area contributed by atoms with Crippen molar-refractivity contribution in [1.82, 2.24) is 4.98 Å². The molecule has 1 aromatic heterocycles. The summed E-state index contributed by atoms with van der Waals surface area (Å²) in [5.74, 6) is 0.920. The Labute approximate surface area is 183 Å². The second-order valence-corrected chi connectivity index (χ2v) is 7.12. The van der Waals surface area contributed by atoms with Gasteiger partial charge >= 0.3 is 5.97 Å². The SMILES string of the molecule is CCOC(=O)COc1c(C)cc(NCc2ccc(-c3ccccc3)nc2OC)cc1C. The normalized spacial score (nSPS) is 10.5. The van der Waals surface area contributed by atoms with Gasteiger partial charge in [0.05, 0.1) is 19.4 Å². The lowest BCUT2D eigenvalue weighted by atomic mass is 10.1. The summed E-state index contributed by atoms with van der Waals surface area (Å²) in [6.07, 6.45) is 0. The van der Waals surface area contributed by atoms with Gasteiger partial charge < -0.3 is 19.5 Å². The number of rotatable bonds is 9. The standard InChI is InChI=1S/C25H28N2O4/c1-5-30-23(28)16-31-24-17(2)13-21(14-18(24)3)26-15-20-11-12-22(27-25(20)29-4)19-9-7-6-8-10-19/h6-14,26H,5,15-16H2,1-4H3. The van der Waals surface area contributed by atoms with Crippen molar-refractivity contribution in [1.29, 1.82) is 0 Å². The van der Waals surface area contributed by atoms with E-state index in [4.69, 9.17) is 14.2 Å². The first kappa shape index (κ1) is 22.2. The minimum Gasteiger partial charge on any atom is -0.481 e. The summed E-state index contributed by atoms with van der Waals surface area (Å²) in [6, 6.07) is 18.0. The number of ether oxygens (including phenoxy) is 3. The number of nitrogens with zero attached hydrogens (tertiary/aromatic N) is 1. The van der Waals surface area contributed by atoms with Crippen LogP contribution in [-0.2, 0) is 16.1 Å². The number of benzene rings is 2. The summed E-state index contributed by atoms with van der Waals surface area (Å²) in [6.45, 7) is 6.49. The van der Waals surface area contributed by atoms with Gasteiger partial charge in [0.2, 0.25) is 5.88 Å². The predicted octanol–water partition coefficient (Wildman–Crippen LogP) is 4.93. The van der Waals surface area contributed by atoms with Crippen LogP contribution in [0.4, 0.5) is 5.69 Å². The maximum atomic E-state index is 11.6. The molecule has 0 atom stereocenters. The Morgan fingerprint density at radius 3 is 2.39 bits per heavy atom. The van der Waals surface area contributed by atoms with Crippen LogP contribution in [0.2, 0.25) is 0 Å². The average molecular weight is 421 g/mol. The number of carbonyl (C=O) groups is 1. The number of esters is 1. The topological polar surface area (TPSA) is 69.7 Å². The molecule has 31 heavy (non-hydrogen) atoms. The predicted molar refractivity (Wildman–Crippen MR) is 122 cm³/mol. The molecule has 3 aromatic rings. The molecule has 1 heterocycles. The van der Waals surface area contributed by atoms with E-state index in [0.717, 1.165) is 33.6 Å². The zero-order valence-electron chi connectivity index (χ0n) is 18.4. The lowest BCUT2D eigenvalue weighted by Gasteiger charge is -2.15. The molecule has 0 aliphatic carbocycles. The number of aromatic nitrogens is 1. The zero-order chi connectivity index (χ0) is 22.2. The number of aryl methyl sites for hydroxylation is 2. The van der Waals surface area contributed by atoms with E-state index in [1.165, 1.54) is 0 Å². The molecule has 1 N–H and O–H groups in total. The molecule has 0 radical (unpaired) electrons. The number of carbonyl (C=O) groups excluding carboxylic acids is 1. The van der Waals surface area contributed by atoms with Gasteiger partial charge in [-0.3, -0.25) is 0 Å². The Balaban J connectivity index is 1.70. The summed E-state index contributed by atoms with van der Waals surface area (Å²) in [5, 5.41) is 3.42. The first-order valence-electron chi connectivity index (χ1n) is 10.2. The highest BCUT2D eigenvalue weighted by Gasteiger charge is 2.11. The first-order valence-corrected chi connectivity index (χ1v) is 10.2. The third-order valence-electron chi connectivity index (χ3n) is 4.78.